The highest BCUT2D eigenvalue weighted by Crippen LogP contribution is 0.981. The maximum Gasteiger partial charge on any atom is 0.0319 e. The zero-order valence-corrected chi connectivity index (χ0v) is 6.62. The van der Waals surface area contributed by atoms with Crippen molar-refractivity contribution in [1.29, 1.82) is 0 Å². The smallest absolute Gasteiger partial charge is 0.0319 e. The van der Waals surface area contributed by atoms with Gasteiger partial charge < -0.3 is 15.5 Å². The number of rotatable bonds is 0. The summed E-state index contributed by atoms with van der Waals surface area (Å²) in [7, 11) is 5.75. The highest BCUT2D eigenvalue weighted by molar-refractivity contribution is 5.85. The Morgan fingerprint density at radius 1 is 0.875 bits per heavy atom. The van der Waals surface area contributed by atoms with Crippen molar-refractivity contribution in [2.24, 2.45) is 0 Å². The monoisotopic (exact) mass is 145 g/mol. The first-order chi connectivity index (χ1) is 3.41. The first-order valence-electron chi connectivity index (χ1n) is 1.89. The third-order valence-corrected chi connectivity index (χ3v) is 0. The third kappa shape index (κ3) is 5710. The SMILES string of the molecule is CNC.CO.CO.Cl. The van der Waals surface area contributed by atoms with Gasteiger partial charge in [-0.2, -0.15) is 0 Å². The van der Waals surface area contributed by atoms with Crippen molar-refractivity contribution >= 4 is 12.4 Å². The van der Waals surface area contributed by atoms with Gasteiger partial charge >= 0.3 is 0 Å². The van der Waals surface area contributed by atoms with Crippen LogP contribution in [0.5, 0.6) is 0 Å². The minimum Gasteiger partial charge on any atom is -0.400 e. The molecule has 0 aliphatic heterocycles. The third-order valence-electron chi connectivity index (χ3n) is 0. The van der Waals surface area contributed by atoms with E-state index in [9.17, 15) is 0 Å². The largest absolute Gasteiger partial charge is 0.400 e. The van der Waals surface area contributed by atoms with E-state index in [0.29, 0.717) is 0 Å². The molecule has 0 spiro atoms. The Morgan fingerprint density at radius 3 is 0.875 bits per heavy atom. The molecule has 0 aromatic carbocycles. The molecule has 56 valence electrons. The zero-order valence-electron chi connectivity index (χ0n) is 5.80. The Bertz CT molecular complexity index is 14.0. The molecule has 3 nitrogen and oxygen atoms in total. The molecule has 3 N–H and O–H groups in total. The van der Waals surface area contributed by atoms with Crippen LogP contribution in [0.25, 0.3) is 0 Å². The van der Waals surface area contributed by atoms with Crippen LogP contribution in [-0.4, -0.2) is 38.5 Å². The highest BCUT2D eigenvalue weighted by Gasteiger charge is 1.25. The van der Waals surface area contributed by atoms with Crippen molar-refractivity contribution in [3.63, 3.8) is 0 Å². The average molecular weight is 146 g/mol. The Labute approximate surface area is 57.1 Å². The van der Waals surface area contributed by atoms with Crippen LogP contribution >= 0.6 is 12.4 Å². The number of hydrogen-bond acceptors (Lipinski definition) is 3. The molecule has 0 saturated carbocycles. The lowest BCUT2D eigenvalue weighted by molar-refractivity contribution is 0.399. The topological polar surface area (TPSA) is 52.5 Å². The summed E-state index contributed by atoms with van der Waals surface area (Å²) in [4.78, 5) is 0. The Balaban J connectivity index is -0.0000000147. The van der Waals surface area contributed by atoms with Crippen LogP contribution < -0.4 is 5.32 Å². The Morgan fingerprint density at radius 2 is 0.875 bits per heavy atom. The second-order valence-corrected chi connectivity index (χ2v) is 0.500. The molecule has 0 unspecified atom stereocenters. The summed E-state index contributed by atoms with van der Waals surface area (Å²) in [5, 5.41) is 16.8. The summed E-state index contributed by atoms with van der Waals surface area (Å²) >= 11 is 0. The second kappa shape index (κ2) is 199. The van der Waals surface area contributed by atoms with E-state index in [1.165, 1.54) is 0 Å². The van der Waals surface area contributed by atoms with Gasteiger partial charge in [0, 0.05) is 14.2 Å². The van der Waals surface area contributed by atoms with Crippen molar-refractivity contribution in [3.05, 3.63) is 0 Å². The van der Waals surface area contributed by atoms with Crippen molar-refractivity contribution in [2.45, 2.75) is 0 Å². The average Bonchev–Trinajstić information content (AvgIpc) is 1.78. The van der Waals surface area contributed by atoms with Crippen LogP contribution in [0, 0.1) is 0 Å². The molecule has 4 heteroatoms. The van der Waals surface area contributed by atoms with Gasteiger partial charge in [-0.15, -0.1) is 12.4 Å². The van der Waals surface area contributed by atoms with Gasteiger partial charge in [0.2, 0.25) is 0 Å². The number of aliphatic hydroxyl groups excluding tert-OH is 2. The predicted molar refractivity (Wildman–Crippen MR) is 38.5 cm³/mol. The summed E-state index contributed by atoms with van der Waals surface area (Å²) in [5.41, 5.74) is 0. The Hall–Kier alpha value is 0.170. The van der Waals surface area contributed by atoms with Gasteiger partial charge in [-0.1, -0.05) is 0 Å². The second-order valence-electron chi connectivity index (χ2n) is 0.500. The molecule has 0 radical (unpaired) electrons. The lowest BCUT2D eigenvalue weighted by Gasteiger charge is -1.59. The zero-order chi connectivity index (χ0) is 6.71. The van der Waals surface area contributed by atoms with Gasteiger partial charge in [0.25, 0.3) is 0 Å². The molecule has 0 heterocycles. The highest BCUT2D eigenvalue weighted by atomic mass is 35.5. The molecule has 0 aliphatic carbocycles. The fourth-order valence-corrected chi connectivity index (χ4v) is 0. The van der Waals surface area contributed by atoms with Gasteiger partial charge in [-0.3, -0.25) is 0 Å². The number of hydrogen-bond donors (Lipinski definition) is 3. The van der Waals surface area contributed by atoms with Gasteiger partial charge in [0.15, 0.2) is 0 Å². The quantitative estimate of drug-likeness (QED) is 0.430. The molecule has 0 rings (SSSR count). The standard InChI is InChI=1S/C2H7N.2CH4O.ClH/c1-3-2;2*1-2;/h3H,1-2H3;2*2H,1H3;1H. The molecule has 0 aliphatic rings. The molecule has 0 aromatic rings. The molecule has 0 atom stereocenters. The van der Waals surface area contributed by atoms with E-state index in [4.69, 9.17) is 10.2 Å². The van der Waals surface area contributed by atoms with Gasteiger partial charge in [0.05, 0.1) is 0 Å². The van der Waals surface area contributed by atoms with Crippen LogP contribution in [0.3, 0.4) is 0 Å². The molecular weight excluding hydrogens is 130 g/mol. The van der Waals surface area contributed by atoms with Crippen LogP contribution in [0.4, 0.5) is 0 Å². The lowest BCUT2D eigenvalue weighted by atomic mass is 11.3. The maximum atomic E-state index is 7.00. The van der Waals surface area contributed by atoms with Crippen molar-refractivity contribution in [1.82, 2.24) is 5.32 Å². The van der Waals surface area contributed by atoms with E-state index in [-0.39, 0.29) is 12.4 Å². The predicted octanol–water partition coefficient (Wildman–Crippen LogP) is -0.526. The van der Waals surface area contributed by atoms with Crippen molar-refractivity contribution in [3.8, 4) is 0 Å². The molecule has 0 saturated heterocycles. The van der Waals surface area contributed by atoms with E-state index in [1.54, 1.807) is 0 Å². The Kier molecular flexibility index (Phi) is 602. The van der Waals surface area contributed by atoms with Crippen LogP contribution in [0.1, 0.15) is 0 Å². The molecule has 0 fully saturated rings. The van der Waals surface area contributed by atoms with E-state index in [0.717, 1.165) is 14.2 Å². The lowest BCUT2D eigenvalue weighted by Crippen LogP contribution is -1.89. The summed E-state index contributed by atoms with van der Waals surface area (Å²) in [6.45, 7) is 0. The summed E-state index contributed by atoms with van der Waals surface area (Å²) in [6, 6.07) is 0. The number of aliphatic hydroxyl groups is 2. The van der Waals surface area contributed by atoms with Gasteiger partial charge in [-0.25, -0.2) is 0 Å². The normalized spacial score (nSPS) is 3.75. The summed E-state index contributed by atoms with van der Waals surface area (Å²) < 4.78 is 0. The summed E-state index contributed by atoms with van der Waals surface area (Å²) in [5.74, 6) is 0. The van der Waals surface area contributed by atoms with Crippen molar-refractivity contribution in [2.75, 3.05) is 28.3 Å². The minimum atomic E-state index is 0. The first-order valence-corrected chi connectivity index (χ1v) is 1.89. The number of nitrogens with one attached hydrogen (secondary N) is 1. The van der Waals surface area contributed by atoms with E-state index >= 15 is 0 Å². The molecule has 0 aromatic heterocycles. The van der Waals surface area contributed by atoms with Crippen molar-refractivity contribution < 1.29 is 10.2 Å². The molecule has 0 amide bonds. The van der Waals surface area contributed by atoms with Crippen LogP contribution in [-0.2, 0) is 0 Å². The molecular formula is C4H16ClNO2. The molecule has 0 bridgehead atoms. The van der Waals surface area contributed by atoms with Gasteiger partial charge in [0.1, 0.15) is 0 Å². The van der Waals surface area contributed by atoms with Gasteiger partial charge in [-0.05, 0) is 14.1 Å². The fourth-order valence-electron chi connectivity index (χ4n) is 0. The van der Waals surface area contributed by atoms with E-state index in [1.807, 2.05) is 14.1 Å². The first kappa shape index (κ1) is 24.2. The maximum absolute atomic E-state index is 7.00. The fraction of sp³-hybridized carbons (Fsp3) is 1.00. The number of halogens is 1. The summed E-state index contributed by atoms with van der Waals surface area (Å²) in [6.07, 6.45) is 0. The molecule has 8 heavy (non-hydrogen) atoms. The van der Waals surface area contributed by atoms with E-state index in [2.05, 4.69) is 5.32 Å². The van der Waals surface area contributed by atoms with Crippen LogP contribution in [0.15, 0.2) is 0 Å². The van der Waals surface area contributed by atoms with Crippen LogP contribution in [0.2, 0.25) is 0 Å². The minimum absolute atomic E-state index is 0. The van der Waals surface area contributed by atoms with E-state index < -0.39 is 0 Å².